The third-order valence-electron chi connectivity index (χ3n) is 2.14. The number of hydrogen-bond acceptors (Lipinski definition) is 2. The summed E-state index contributed by atoms with van der Waals surface area (Å²) in [6, 6.07) is 10.1. The Balaban J connectivity index is 2.63. The molecule has 1 atom stereocenters. The highest BCUT2D eigenvalue weighted by Crippen LogP contribution is 2.19. The van der Waals surface area contributed by atoms with Gasteiger partial charge in [0.1, 0.15) is 0 Å². The van der Waals surface area contributed by atoms with Crippen LogP contribution in [-0.4, -0.2) is 4.98 Å². The molecule has 0 amide bonds. The van der Waals surface area contributed by atoms with Crippen LogP contribution in [0.1, 0.15) is 18.7 Å². The van der Waals surface area contributed by atoms with Gasteiger partial charge < -0.3 is 5.73 Å². The van der Waals surface area contributed by atoms with Gasteiger partial charge in [0.25, 0.3) is 0 Å². The van der Waals surface area contributed by atoms with Gasteiger partial charge in [-0.1, -0.05) is 28.1 Å². The number of rotatable bonds is 1. The second-order valence-corrected chi connectivity index (χ2v) is 4.28. The van der Waals surface area contributed by atoms with Crippen molar-refractivity contribution in [1.29, 1.82) is 0 Å². The molecule has 2 rings (SSSR count). The van der Waals surface area contributed by atoms with Crippen molar-refractivity contribution in [2.75, 3.05) is 0 Å². The lowest BCUT2D eigenvalue weighted by molar-refractivity contribution is 0.787. The molecule has 2 N–H and O–H groups in total. The molecule has 14 heavy (non-hydrogen) atoms. The van der Waals surface area contributed by atoms with Crippen LogP contribution in [0.3, 0.4) is 0 Å². The van der Waals surface area contributed by atoms with Gasteiger partial charge in [0.05, 0.1) is 11.2 Å². The summed E-state index contributed by atoms with van der Waals surface area (Å²) in [4.78, 5) is 4.48. The van der Waals surface area contributed by atoms with Gasteiger partial charge in [-0.15, -0.1) is 0 Å². The van der Waals surface area contributed by atoms with Crippen LogP contribution in [0.25, 0.3) is 10.9 Å². The zero-order valence-electron chi connectivity index (χ0n) is 7.87. The summed E-state index contributed by atoms with van der Waals surface area (Å²) in [6.07, 6.45) is 0. The van der Waals surface area contributed by atoms with Crippen LogP contribution in [0.4, 0.5) is 0 Å². The molecule has 0 bridgehead atoms. The lowest BCUT2D eigenvalue weighted by Gasteiger charge is -2.05. The van der Waals surface area contributed by atoms with Crippen LogP contribution in [0.5, 0.6) is 0 Å². The van der Waals surface area contributed by atoms with Crippen molar-refractivity contribution < 1.29 is 0 Å². The summed E-state index contributed by atoms with van der Waals surface area (Å²) >= 11 is 3.42. The van der Waals surface area contributed by atoms with Crippen LogP contribution in [-0.2, 0) is 0 Å². The summed E-state index contributed by atoms with van der Waals surface area (Å²) in [7, 11) is 0. The molecule has 0 fully saturated rings. The van der Waals surface area contributed by atoms with E-state index >= 15 is 0 Å². The van der Waals surface area contributed by atoms with Crippen molar-refractivity contribution in [3.05, 3.63) is 40.5 Å². The monoisotopic (exact) mass is 250 g/mol. The van der Waals surface area contributed by atoms with Crippen LogP contribution < -0.4 is 5.73 Å². The van der Waals surface area contributed by atoms with Crippen molar-refractivity contribution in [2.24, 2.45) is 5.73 Å². The fraction of sp³-hybridized carbons (Fsp3) is 0.182. The van der Waals surface area contributed by atoms with E-state index in [2.05, 4.69) is 20.9 Å². The van der Waals surface area contributed by atoms with Gasteiger partial charge in [-0.05, 0) is 25.1 Å². The maximum absolute atomic E-state index is 5.77. The summed E-state index contributed by atoms with van der Waals surface area (Å²) in [5, 5.41) is 1.14. The first-order valence-corrected chi connectivity index (χ1v) is 5.28. The van der Waals surface area contributed by atoms with Crippen molar-refractivity contribution >= 4 is 26.8 Å². The molecule has 0 spiro atoms. The van der Waals surface area contributed by atoms with Crippen LogP contribution in [0.2, 0.25) is 0 Å². The topological polar surface area (TPSA) is 38.9 Å². The predicted octanol–water partition coefficient (Wildman–Crippen LogP) is 3.02. The van der Waals surface area contributed by atoms with E-state index in [0.717, 1.165) is 21.1 Å². The van der Waals surface area contributed by atoms with E-state index in [-0.39, 0.29) is 6.04 Å². The highest BCUT2D eigenvalue weighted by molar-refractivity contribution is 9.10. The second-order valence-electron chi connectivity index (χ2n) is 3.36. The number of pyridine rings is 1. The van der Waals surface area contributed by atoms with E-state index in [1.807, 2.05) is 37.3 Å². The zero-order valence-corrected chi connectivity index (χ0v) is 9.45. The Morgan fingerprint density at radius 3 is 2.71 bits per heavy atom. The number of nitrogens with zero attached hydrogens (tertiary/aromatic N) is 1. The van der Waals surface area contributed by atoms with Gasteiger partial charge in [-0.3, -0.25) is 4.98 Å². The zero-order chi connectivity index (χ0) is 10.1. The summed E-state index contributed by atoms with van der Waals surface area (Å²) in [5.74, 6) is 0. The fourth-order valence-corrected chi connectivity index (χ4v) is 1.71. The molecule has 0 aliphatic heterocycles. The molecule has 72 valence electrons. The Kier molecular flexibility index (Phi) is 2.52. The standard InChI is InChI=1S/C11H11BrN2/c1-7(13)10-5-3-8-2-4-9(12)6-11(8)14-10/h2-7H,13H2,1H3. The molecule has 1 aromatic carbocycles. The largest absolute Gasteiger partial charge is 0.323 e. The van der Waals surface area contributed by atoms with Crippen molar-refractivity contribution in [3.8, 4) is 0 Å². The van der Waals surface area contributed by atoms with Gasteiger partial charge in [0.2, 0.25) is 0 Å². The van der Waals surface area contributed by atoms with Gasteiger partial charge in [-0.25, -0.2) is 0 Å². The molecule has 3 heteroatoms. The Morgan fingerprint density at radius 1 is 1.29 bits per heavy atom. The van der Waals surface area contributed by atoms with E-state index < -0.39 is 0 Å². The molecule has 0 aliphatic rings. The number of halogens is 1. The molecule has 0 aliphatic carbocycles. The maximum atomic E-state index is 5.77. The van der Waals surface area contributed by atoms with E-state index in [0.29, 0.717) is 0 Å². The van der Waals surface area contributed by atoms with E-state index in [1.165, 1.54) is 0 Å². The van der Waals surface area contributed by atoms with Gasteiger partial charge >= 0.3 is 0 Å². The van der Waals surface area contributed by atoms with Gasteiger partial charge in [-0.2, -0.15) is 0 Å². The quantitative estimate of drug-likeness (QED) is 0.846. The molecule has 2 nitrogen and oxygen atoms in total. The Hall–Kier alpha value is -0.930. The highest BCUT2D eigenvalue weighted by atomic mass is 79.9. The summed E-state index contributed by atoms with van der Waals surface area (Å²) in [5.41, 5.74) is 7.68. The fourth-order valence-electron chi connectivity index (χ4n) is 1.36. The smallest absolute Gasteiger partial charge is 0.0717 e. The number of hydrogen-bond donors (Lipinski definition) is 1. The van der Waals surface area contributed by atoms with Crippen LogP contribution in [0, 0.1) is 0 Å². The normalized spacial score (nSPS) is 13.1. The Morgan fingerprint density at radius 2 is 2.00 bits per heavy atom. The Labute approximate surface area is 91.3 Å². The molecule has 1 heterocycles. The summed E-state index contributed by atoms with van der Waals surface area (Å²) < 4.78 is 1.04. The first-order valence-electron chi connectivity index (χ1n) is 4.48. The molecule has 0 saturated carbocycles. The second kappa shape index (κ2) is 3.67. The molecule has 1 aromatic heterocycles. The first kappa shape index (κ1) is 9.62. The average Bonchev–Trinajstić information content (AvgIpc) is 2.16. The predicted molar refractivity (Wildman–Crippen MR) is 62.0 cm³/mol. The number of aromatic nitrogens is 1. The van der Waals surface area contributed by atoms with E-state index in [9.17, 15) is 0 Å². The van der Waals surface area contributed by atoms with E-state index in [4.69, 9.17) is 5.73 Å². The van der Waals surface area contributed by atoms with Crippen molar-refractivity contribution in [2.45, 2.75) is 13.0 Å². The number of nitrogens with two attached hydrogens (primary N) is 1. The molecular formula is C11H11BrN2. The summed E-state index contributed by atoms with van der Waals surface area (Å²) in [6.45, 7) is 1.94. The molecule has 1 unspecified atom stereocenters. The highest BCUT2D eigenvalue weighted by Gasteiger charge is 2.02. The van der Waals surface area contributed by atoms with Crippen molar-refractivity contribution in [1.82, 2.24) is 4.98 Å². The minimum atomic E-state index is -0.0154. The lowest BCUT2D eigenvalue weighted by atomic mass is 10.1. The Bertz CT molecular complexity index is 466. The average molecular weight is 251 g/mol. The van der Waals surface area contributed by atoms with Gasteiger partial charge in [0.15, 0.2) is 0 Å². The minimum absolute atomic E-state index is 0.0154. The van der Waals surface area contributed by atoms with E-state index in [1.54, 1.807) is 0 Å². The number of fused-ring (bicyclic) bond motifs is 1. The number of benzene rings is 1. The minimum Gasteiger partial charge on any atom is -0.323 e. The SMILES string of the molecule is CC(N)c1ccc2ccc(Br)cc2n1. The maximum Gasteiger partial charge on any atom is 0.0717 e. The van der Waals surface area contributed by atoms with Crippen LogP contribution >= 0.6 is 15.9 Å². The molecular weight excluding hydrogens is 240 g/mol. The molecule has 0 saturated heterocycles. The molecule has 0 radical (unpaired) electrons. The van der Waals surface area contributed by atoms with Crippen LogP contribution in [0.15, 0.2) is 34.8 Å². The first-order chi connectivity index (χ1) is 6.66. The molecule has 2 aromatic rings. The lowest BCUT2D eigenvalue weighted by Crippen LogP contribution is -2.06. The van der Waals surface area contributed by atoms with Crippen molar-refractivity contribution in [3.63, 3.8) is 0 Å². The third-order valence-corrected chi connectivity index (χ3v) is 2.64. The van der Waals surface area contributed by atoms with Gasteiger partial charge in [0, 0.05) is 15.9 Å². The third kappa shape index (κ3) is 1.79.